The number of esters is 2. The lowest BCUT2D eigenvalue weighted by molar-refractivity contribution is -0.153. The molecule has 35 heavy (non-hydrogen) atoms. The smallest absolute Gasteiger partial charge is 0.335 e. The molecule has 3 unspecified atom stereocenters. The van der Waals surface area contributed by atoms with Crippen LogP contribution in [0.5, 0.6) is 0 Å². The van der Waals surface area contributed by atoms with Gasteiger partial charge in [0, 0.05) is 0 Å². The summed E-state index contributed by atoms with van der Waals surface area (Å²) in [6.07, 6.45) is 0.439. The zero-order valence-corrected chi connectivity index (χ0v) is 22.1. The Balaban J connectivity index is 2.17. The molecule has 0 aliphatic heterocycles. The van der Waals surface area contributed by atoms with Gasteiger partial charge in [-0.2, -0.15) is 0 Å². The molecule has 2 rings (SSSR count). The van der Waals surface area contributed by atoms with Crippen LogP contribution in [0.4, 0.5) is 5.82 Å². The van der Waals surface area contributed by atoms with Gasteiger partial charge in [-0.15, -0.1) is 0 Å². The van der Waals surface area contributed by atoms with Gasteiger partial charge in [0.2, 0.25) is 0 Å². The van der Waals surface area contributed by atoms with Crippen molar-refractivity contribution in [3.8, 4) is 0 Å². The molecule has 2 aromatic heterocycles. The van der Waals surface area contributed by atoms with Crippen LogP contribution in [0, 0.1) is 0 Å². The van der Waals surface area contributed by atoms with Crippen molar-refractivity contribution in [2.24, 2.45) is 0 Å². The van der Waals surface area contributed by atoms with Gasteiger partial charge >= 0.3 is 11.9 Å². The third kappa shape index (κ3) is 7.96. The van der Waals surface area contributed by atoms with Crippen LogP contribution in [0.25, 0.3) is 11.2 Å². The first kappa shape index (κ1) is 28.6. The topological polar surface area (TPSA) is 170 Å². The predicted octanol–water partition coefficient (Wildman–Crippen LogP) is 2.25. The largest absolute Gasteiger partial charge is 0.464 e. The normalized spacial score (nSPS) is 15.5. The number of anilines is 1. The molecule has 3 atom stereocenters. The van der Waals surface area contributed by atoms with Crippen molar-refractivity contribution in [3.05, 3.63) is 12.7 Å². The fourth-order valence-corrected chi connectivity index (χ4v) is 5.24. The maximum atomic E-state index is 13.8. The minimum atomic E-state index is -3.92. The maximum Gasteiger partial charge on any atom is 0.335 e. The van der Waals surface area contributed by atoms with Crippen LogP contribution in [-0.4, -0.2) is 68.3 Å². The minimum absolute atomic E-state index is 0.136. The summed E-state index contributed by atoms with van der Waals surface area (Å²) in [6, 6.07) is 0. The van der Waals surface area contributed by atoms with Crippen molar-refractivity contribution in [3.63, 3.8) is 0 Å². The molecule has 0 bridgehead atoms. The quantitative estimate of drug-likeness (QED) is 0.296. The average Bonchev–Trinajstić information content (AvgIpc) is 3.15. The summed E-state index contributed by atoms with van der Waals surface area (Å²) in [6.45, 7) is 11.7. The van der Waals surface area contributed by atoms with Crippen molar-refractivity contribution < 1.29 is 32.9 Å². The number of ether oxygens (including phenoxy) is 3. The Labute approximate surface area is 204 Å². The fourth-order valence-electron chi connectivity index (χ4n) is 3.07. The molecular formula is C21H35N6O7P. The molecule has 2 heterocycles. The van der Waals surface area contributed by atoms with Gasteiger partial charge in [-0.3, -0.25) is 9.36 Å². The van der Waals surface area contributed by atoms with Crippen LogP contribution >= 0.6 is 7.52 Å². The molecule has 0 fully saturated rings. The summed E-state index contributed by atoms with van der Waals surface area (Å²) in [4.78, 5) is 37.0. The van der Waals surface area contributed by atoms with E-state index in [-0.39, 0.29) is 18.5 Å². The number of nitrogens with two attached hydrogens (primary N) is 1. The molecule has 0 saturated carbocycles. The van der Waals surface area contributed by atoms with Crippen molar-refractivity contribution in [2.45, 2.75) is 78.9 Å². The van der Waals surface area contributed by atoms with Gasteiger partial charge in [0.25, 0.3) is 7.52 Å². The van der Waals surface area contributed by atoms with Gasteiger partial charge in [0.05, 0.1) is 31.7 Å². The number of hydrogen-bond donors (Lipinski definition) is 2. The highest BCUT2D eigenvalue weighted by molar-refractivity contribution is 7.56. The Bertz CT molecular complexity index is 1070. The number of aromatic nitrogens is 4. The van der Waals surface area contributed by atoms with Gasteiger partial charge in [0.1, 0.15) is 23.7 Å². The molecule has 0 aromatic carbocycles. The summed E-state index contributed by atoms with van der Waals surface area (Å²) < 4.78 is 37.1. The van der Waals surface area contributed by atoms with E-state index in [1.807, 2.05) is 0 Å². The van der Waals surface area contributed by atoms with E-state index in [0.717, 1.165) is 0 Å². The van der Waals surface area contributed by atoms with Crippen molar-refractivity contribution in [1.82, 2.24) is 24.6 Å². The zero-order chi connectivity index (χ0) is 26.4. The van der Waals surface area contributed by atoms with E-state index in [0.29, 0.717) is 17.7 Å². The van der Waals surface area contributed by atoms with E-state index >= 15 is 0 Å². The van der Waals surface area contributed by atoms with E-state index in [1.54, 1.807) is 38.6 Å². The number of carbonyl (C=O) groups excluding carboxylic acids is 2. The second-order valence-corrected chi connectivity index (χ2v) is 10.8. The van der Waals surface area contributed by atoms with Crippen molar-refractivity contribution in [1.29, 1.82) is 0 Å². The maximum absolute atomic E-state index is 13.8. The fraction of sp³-hybridized carbons (Fsp3) is 0.667. The molecular weight excluding hydrogens is 479 g/mol. The third-order valence-corrected chi connectivity index (χ3v) is 6.71. The van der Waals surface area contributed by atoms with Gasteiger partial charge in [-0.25, -0.2) is 24.8 Å². The second kappa shape index (κ2) is 11.9. The molecule has 196 valence electrons. The molecule has 13 nitrogen and oxygen atoms in total. The number of hydrogen-bond acceptors (Lipinski definition) is 11. The molecule has 0 aliphatic carbocycles. The molecule has 3 N–H and O–H groups in total. The number of nitrogen functional groups attached to an aromatic ring is 1. The standard InChI is InChI=1S/C21H35N6O7P/c1-8-31-19(28)15(5)34-35(30,26-21(6,7)20(29)33-13(2)3)12-32-14(4)9-27-11-25-16-17(22)23-10-24-18(16)27/h10-11,13-15H,8-9,12H2,1-7H3,(H,26,30)(H2,22,23,24). The second-order valence-electron chi connectivity index (χ2n) is 8.80. The van der Waals surface area contributed by atoms with Gasteiger partial charge in [-0.1, -0.05) is 0 Å². The molecule has 2 aromatic rings. The van der Waals surface area contributed by atoms with Gasteiger partial charge in [0.15, 0.2) is 17.6 Å². The Morgan fingerprint density at radius 1 is 1.20 bits per heavy atom. The summed E-state index contributed by atoms with van der Waals surface area (Å²) in [5, 5.41) is 2.72. The molecule has 0 spiro atoms. The van der Waals surface area contributed by atoms with Crippen molar-refractivity contribution in [2.75, 3.05) is 18.7 Å². The first-order chi connectivity index (χ1) is 16.3. The Hall–Kier alpha value is -2.60. The highest BCUT2D eigenvalue weighted by Crippen LogP contribution is 2.46. The summed E-state index contributed by atoms with van der Waals surface area (Å²) >= 11 is 0. The summed E-state index contributed by atoms with van der Waals surface area (Å²) in [5.41, 5.74) is 5.42. The van der Waals surface area contributed by atoms with Gasteiger partial charge in [-0.05, 0) is 48.5 Å². The molecule has 14 heteroatoms. The number of rotatable bonds is 13. The zero-order valence-electron chi connectivity index (χ0n) is 21.2. The van der Waals surface area contributed by atoms with Gasteiger partial charge < -0.3 is 29.0 Å². The number of fused-ring (bicyclic) bond motifs is 1. The predicted molar refractivity (Wildman–Crippen MR) is 128 cm³/mol. The summed E-state index contributed by atoms with van der Waals surface area (Å²) in [5.74, 6) is -1.06. The van der Waals surface area contributed by atoms with Crippen LogP contribution in [0.2, 0.25) is 0 Å². The van der Waals surface area contributed by atoms with Crippen LogP contribution < -0.4 is 10.8 Å². The number of nitrogens with zero attached hydrogens (tertiary/aromatic N) is 4. The van der Waals surface area contributed by atoms with Crippen LogP contribution in [-0.2, 0) is 39.4 Å². The van der Waals surface area contributed by atoms with Crippen LogP contribution in [0.3, 0.4) is 0 Å². The molecule has 0 saturated heterocycles. The van der Waals surface area contributed by atoms with E-state index in [9.17, 15) is 14.2 Å². The van der Waals surface area contributed by atoms with E-state index < -0.39 is 43.6 Å². The lowest BCUT2D eigenvalue weighted by Crippen LogP contribution is -2.48. The third-order valence-electron chi connectivity index (χ3n) is 4.66. The Morgan fingerprint density at radius 3 is 2.51 bits per heavy atom. The first-order valence-corrected chi connectivity index (χ1v) is 13.1. The van der Waals surface area contributed by atoms with Crippen LogP contribution in [0.15, 0.2) is 12.7 Å². The number of carbonyl (C=O) groups is 2. The molecule has 0 radical (unpaired) electrons. The van der Waals surface area contributed by atoms with E-state index in [1.165, 1.54) is 27.1 Å². The Kier molecular flexibility index (Phi) is 9.73. The Morgan fingerprint density at radius 2 is 1.89 bits per heavy atom. The monoisotopic (exact) mass is 514 g/mol. The number of imidazole rings is 1. The van der Waals surface area contributed by atoms with E-state index in [4.69, 9.17) is 24.5 Å². The minimum Gasteiger partial charge on any atom is -0.464 e. The molecule has 0 aliphatic rings. The molecule has 0 amide bonds. The highest BCUT2D eigenvalue weighted by Gasteiger charge is 2.41. The SMILES string of the molecule is CCOC(=O)C(C)OP(=O)(COC(C)Cn1cnc2c(N)ncnc21)NC(C)(C)C(=O)OC(C)C. The number of nitrogens with one attached hydrogen (secondary N) is 1. The highest BCUT2D eigenvalue weighted by atomic mass is 31.2. The average molecular weight is 515 g/mol. The lowest BCUT2D eigenvalue weighted by atomic mass is 10.1. The lowest BCUT2D eigenvalue weighted by Gasteiger charge is -2.32. The van der Waals surface area contributed by atoms with Crippen molar-refractivity contribution >= 4 is 36.4 Å². The van der Waals surface area contributed by atoms with Crippen LogP contribution in [0.1, 0.15) is 48.5 Å². The summed E-state index contributed by atoms with van der Waals surface area (Å²) in [7, 11) is -3.92. The van der Waals surface area contributed by atoms with E-state index in [2.05, 4.69) is 20.0 Å². The first-order valence-electron chi connectivity index (χ1n) is 11.3.